The molecule has 0 spiro atoms. The fraction of sp³-hybridized carbons (Fsp3) is 0.256. The normalized spacial score (nSPS) is 16.1. The summed E-state index contributed by atoms with van der Waals surface area (Å²) in [5.41, 5.74) is 5.59. The van der Waals surface area contributed by atoms with E-state index in [9.17, 15) is 28.8 Å². The van der Waals surface area contributed by atoms with Crippen molar-refractivity contribution in [2.24, 2.45) is 0 Å². The lowest BCUT2D eigenvalue weighted by atomic mass is 9.83. The monoisotopic (exact) mass is 864 g/mol. The van der Waals surface area contributed by atoms with Gasteiger partial charge >= 0.3 is 5.37 Å². The third-order valence-electron chi connectivity index (χ3n) is 10.8. The first kappa shape index (κ1) is 42.3. The summed E-state index contributed by atoms with van der Waals surface area (Å²) in [6.07, 6.45) is 0. The molecule has 2 amide bonds. The number of piperazine rings is 2. The van der Waals surface area contributed by atoms with Gasteiger partial charge in [-0.25, -0.2) is 4.98 Å². The molecule has 0 bridgehead atoms. The van der Waals surface area contributed by atoms with Gasteiger partial charge in [-0.05, 0) is 62.2 Å². The molecule has 3 N–H and O–H groups in total. The number of amides is 2. The van der Waals surface area contributed by atoms with Crippen LogP contribution in [0.5, 0.6) is 0 Å². The molecule has 0 radical (unpaired) electrons. The Morgan fingerprint density at radius 2 is 1.07 bits per heavy atom. The van der Waals surface area contributed by atoms with E-state index in [2.05, 4.69) is 29.7 Å². The van der Waals surface area contributed by atoms with Gasteiger partial charge in [0.15, 0.2) is 33.1 Å². The van der Waals surface area contributed by atoms with E-state index in [0.717, 1.165) is 56.5 Å². The minimum atomic E-state index is -0.326. The van der Waals surface area contributed by atoms with Gasteiger partial charge in [0.1, 0.15) is 5.52 Å². The number of ketones is 4. The number of aromatic nitrogens is 4. The predicted octanol–water partition coefficient (Wildman–Crippen LogP) is 7.03. The SMILES string of the molecule is C.CN1CCN(C(=O)Cl)CC1.CN1CCN(C(=O)Sc2nc3c4c(ccc3[nH]2)C(=O)c2ccccc2C4=O)CC1.O=C1c2ccccc2C(=O)c2c1ccc1[nH]c(=S)[nH]c21. The van der Waals surface area contributed by atoms with E-state index in [1.54, 1.807) is 82.6 Å². The number of likely N-dealkylation sites (N-methyl/N-ethyl adjacent to an activating group) is 2. The number of carbonyl (C=O) groups excluding carboxylic acids is 6. The molecule has 4 heterocycles. The van der Waals surface area contributed by atoms with Crippen LogP contribution in [-0.4, -0.2) is 140 Å². The Labute approximate surface area is 359 Å². The van der Waals surface area contributed by atoms with Crippen LogP contribution in [0.2, 0.25) is 0 Å². The number of halogens is 1. The number of imidazole rings is 2. The largest absolute Gasteiger partial charge is 0.332 e. The molecule has 2 fully saturated rings. The number of carbonyl (C=O) groups is 6. The van der Waals surface area contributed by atoms with Gasteiger partial charge in [-0.2, -0.15) is 0 Å². The number of aromatic amines is 3. The van der Waals surface area contributed by atoms with Crippen molar-refractivity contribution < 1.29 is 28.8 Å². The van der Waals surface area contributed by atoms with Gasteiger partial charge in [-0.1, -0.05) is 56.0 Å². The van der Waals surface area contributed by atoms with Crippen LogP contribution in [0, 0.1) is 4.77 Å². The van der Waals surface area contributed by atoms with E-state index in [4.69, 9.17) is 23.8 Å². The highest BCUT2D eigenvalue weighted by Crippen LogP contribution is 2.34. The van der Waals surface area contributed by atoms with Crippen LogP contribution < -0.4 is 0 Å². The Morgan fingerprint density at radius 3 is 1.60 bits per heavy atom. The van der Waals surface area contributed by atoms with Gasteiger partial charge in [-0.3, -0.25) is 28.8 Å². The first-order valence-corrected chi connectivity index (χ1v) is 20.4. The van der Waals surface area contributed by atoms with Crippen molar-refractivity contribution in [3.8, 4) is 0 Å². The van der Waals surface area contributed by atoms with Crippen LogP contribution in [0.15, 0.2) is 78.0 Å². The molecule has 17 heteroatoms. The standard InChI is InChI=1S/C21H18N4O3S.C15H8N2O2S.C6H11ClN2O.CH4/c1-24-8-10-25(11-9-24)21(28)29-20-22-15-7-6-14-16(17(15)23-20)19(27)13-5-3-2-4-12(13)18(14)26;18-13-7-3-1-2-4-8(7)14(19)11-9(13)5-6-10-12(11)17-15(20)16-10;1-8-2-4-9(5-3-8)6(7)10;/h2-7H,8-11H2,1H3,(H,22,23);1-6H,(H2,16,17,20);2-5H2,1H3;1H4. The van der Waals surface area contributed by atoms with Crippen molar-refractivity contribution >= 4 is 91.4 Å². The van der Waals surface area contributed by atoms with E-state index in [1.165, 1.54) is 0 Å². The topological polar surface area (TPSA) is 176 Å². The van der Waals surface area contributed by atoms with Crippen molar-refractivity contribution in [2.45, 2.75) is 12.6 Å². The average molecular weight is 865 g/mol. The summed E-state index contributed by atoms with van der Waals surface area (Å²) in [6.45, 7) is 6.43. The number of fused-ring (bicyclic) bond motifs is 8. The van der Waals surface area contributed by atoms with E-state index >= 15 is 0 Å². The van der Waals surface area contributed by atoms with Gasteiger partial charge in [0, 0.05) is 97.5 Å². The summed E-state index contributed by atoms with van der Waals surface area (Å²) in [7, 11) is 4.07. The third-order valence-corrected chi connectivity index (χ3v) is 12.1. The fourth-order valence-electron chi connectivity index (χ4n) is 7.49. The minimum absolute atomic E-state index is 0. The molecule has 2 aliphatic heterocycles. The van der Waals surface area contributed by atoms with Crippen LogP contribution in [0.4, 0.5) is 9.59 Å². The number of hydrogen-bond acceptors (Lipinski definition) is 11. The number of thioether (sulfide) groups is 1. The molecule has 0 atom stereocenters. The van der Waals surface area contributed by atoms with E-state index in [0.29, 0.717) is 84.1 Å². The van der Waals surface area contributed by atoms with Gasteiger partial charge in [0.2, 0.25) is 0 Å². The van der Waals surface area contributed by atoms with Gasteiger partial charge in [-0.15, -0.1) is 0 Å². The summed E-state index contributed by atoms with van der Waals surface area (Å²) in [6, 6.07) is 20.5. The molecule has 14 nitrogen and oxygen atoms in total. The molecule has 2 aliphatic carbocycles. The summed E-state index contributed by atoms with van der Waals surface area (Å²) >= 11 is 11.4. The zero-order valence-electron chi connectivity index (χ0n) is 32.0. The Bertz CT molecular complexity index is 2780. The van der Waals surface area contributed by atoms with E-state index in [-0.39, 0.29) is 41.2 Å². The smallest absolute Gasteiger partial charge is 0.316 e. The van der Waals surface area contributed by atoms with Crippen LogP contribution in [0.3, 0.4) is 0 Å². The van der Waals surface area contributed by atoms with Crippen molar-refractivity contribution in [2.75, 3.05) is 66.5 Å². The van der Waals surface area contributed by atoms with Gasteiger partial charge in [0.25, 0.3) is 5.24 Å². The molecule has 0 saturated carbocycles. The van der Waals surface area contributed by atoms with E-state index in [1.807, 2.05) is 14.1 Å². The zero-order chi connectivity index (χ0) is 41.5. The predicted molar refractivity (Wildman–Crippen MR) is 234 cm³/mol. The molecule has 4 aromatic carbocycles. The zero-order valence-corrected chi connectivity index (χ0v) is 34.4. The molecule has 4 aliphatic rings. The third kappa shape index (κ3) is 8.08. The first-order valence-electron chi connectivity index (χ1n) is 18.8. The van der Waals surface area contributed by atoms with Crippen LogP contribution >= 0.6 is 35.6 Å². The minimum Gasteiger partial charge on any atom is -0.332 e. The van der Waals surface area contributed by atoms with Crippen molar-refractivity contribution in [3.63, 3.8) is 0 Å². The van der Waals surface area contributed by atoms with E-state index < -0.39 is 0 Å². The van der Waals surface area contributed by atoms with Crippen molar-refractivity contribution in [3.05, 3.63) is 122 Å². The van der Waals surface area contributed by atoms with Gasteiger partial charge < -0.3 is 34.6 Å². The lowest BCUT2D eigenvalue weighted by molar-refractivity contribution is 0.0980. The Morgan fingerprint density at radius 1 is 0.600 bits per heavy atom. The maximum Gasteiger partial charge on any atom is 0.316 e. The van der Waals surface area contributed by atoms with Crippen LogP contribution in [0.25, 0.3) is 22.1 Å². The lowest BCUT2D eigenvalue weighted by Crippen LogP contribution is -2.45. The Balaban J connectivity index is 0.000000152. The highest BCUT2D eigenvalue weighted by Gasteiger charge is 2.33. The first-order chi connectivity index (χ1) is 28.4. The number of rotatable bonds is 1. The second-order valence-corrected chi connectivity index (χ2v) is 16.2. The van der Waals surface area contributed by atoms with Crippen molar-refractivity contribution in [1.82, 2.24) is 39.5 Å². The molecule has 10 rings (SSSR count). The maximum atomic E-state index is 13.1. The van der Waals surface area contributed by atoms with Crippen molar-refractivity contribution in [1.29, 1.82) is 0 Å². The summed E-state index contributed by atoms with van der Waals surface area (Å²) in [5, 5.41) is 0.0308. The number of benzene rings is 4. The van der Waals surface area contributed by atoms with Crippen LogP contribution in [-0.2, 0) is 0 Å². The molecule has 308 valence electrons. The maximum absolute atomic E-state index is 13.1. The summed E-state index contributed by atoms with van der Waals surface area (Å²) in [5.74, 6) is -0.666. The second-order valence-electron chi connectivity index (χ2n) is 14.5. The van der Waals surface area contributed by atoms with Gasteiger partial charge in [0.05, 0.1) is 27.7 Å². The number of nitrogens with zero attached hydrogens (tertiary/aromatic N) is 5. The fourth-order valence-corrected chi connectivity index (χ4v) is 8.64. The highest BCUT2D eigenvalue weighted by atomic mass is 35.5. The molecule has 2 aromatic heterocycles. The number of hydrogen-bond donors (Lipinski definition) is 3. The Hall–Kier alpha value is -5.78. The quantitative estimate of drug-likeness (QED) is 0.0669. The highest BCUT2D eigenvalue weighted by molar-refractivity contribution is 8.13. The number of H-pyrrole nitrogens is 3. The molecule has 6 aromatic rings. The molecular formula is C43H41ClN8O6S2. The lowest BCUT2D eigenvalue weighted by Gasteiger charge is -2.31. The average Bonchev–Trinajstić information content (AvgIpc) is 3.84. The molecular weight excluding hydrogens is 824 g/mol. The molecule has 0 unspecified atom stereocenters. The Kier molecular flexibility index (Phi) is 12.3. The number of nitrogens with one attached hydrogen (secondary N) is 3. The summed E-state index contributed by atoms with van der Waals surface area (Å²) in [4.78, 5) is 95.6. The second kappa shape index (κ2) is 17.4. The summed E-state index contributed by atoms with van der Waals surface area (Å²) < 4.78 is 0.438. The molecule has 60 heavy (non-hydrogen) atoms. The molecule has 2 saturated heterocycles. The van der Waals surface area contributed by atoms with Crippen LogP contribution in [0.1, 0.15) is 71.1 Å².